The van der Waals surface area contributed by atoms with Crippen molar-refractivity contribution in [3.05, 3.63) is 50.6 Å². The normalized spacial score (nSPS) is 10.5. The van der Waals surface area contributed by atoms with Crippen molar-refractivity contribution in [3.8, 4) is 0 Å². The van der Waals surface area contributed by atoms with E-state index in [1.807, 2.05) is 30.3 Å². The first-order valence-corrected chi connectivity index (χ1v) is 6.42. The second-order valence-electron chi connectivity index (χ2n) is 4.26. The van der Waals surface area contributed by atoms with Gasteiger partial charge in [0, 0.05) is 14.1 Å². The van der Waals surface area contributed by atoms with Crippen molar-refractivity contribution in [2.75, 3.05) is 19.0 Å². The molecule has 0 aliphatic carbocycles. The maximum absolute atomic E-state index is 11.1. The van der Waals surface area contributed by atoms with E-state index >= 15 is 0 Å². The van der Waals surface area contributed by atoms with Crippen LogP contribution in [0, 0.1) is 10.1 Å². The Bertz CT molecular complexity index is 595. The molecule has 0 aliphatic rings. The third-order valence-corrected chi connectivity index (χ3v) is 3.18. The quantitative estimate of drug-likeness (QED) is 0.640. The lowest BCUT2D eigenvalue weighted by molar-refractivity contribution is -0.385. The summed E-state index contributed by atoms with van der Waals surface area (Å²) < 4.78 is 1.87. The second kappa shape index (κ2) is 5.40. The Morgan fingerprint density at radius 1 is 1.37 bits per heavy atom. The van der Waals surface area contributed by atoms with Gasteiger partial charge in [0.1, 0.15) is 0 Å². The van der Waals surface area contributed by atoms with E-state index in [1.54, 1.807) is 23.7 Å². The predicted octanol–water partition coefficient (Wildman–Crippen LogP) is 2.67. The number of aromatic nitrogens is 2. The zero-order valence-corrected chi connectivity index (χ0v) is 12.2. The molecule has 0 spiro atoms. The Balaban J connectivity index is 2.46. The fourth-order valence-corrected chi connectivity index (χ4v) is 2.39. The number of nitrogens with zero attached hydrogens (tertiary/aromatic N) is 4. The summed E-state index contributed by atoms with van der Waals surface area (Å²) in [6.45, 7) is 0.487. The van der Waals surface area contributed by atoms with Crippen LogP contribution in [0.1, 0.15) is 5.56 Å². The van der Waals surface area contributed by atoms with E-state index in [0.717, 1.165) is 5.56 Å². The van der Waals surface area contributed by atoms with Crippen molar-refractivity contribution in [1.82, 2.24) is 9.78 Å². The van der Waals surface area contributed by atoms with Gasteiger partial charge < -0.3 is 4.90 Å². The molecule has 6 nitrogen and oxygen atoms in total. The molecule has 2 aromatic rings. The molecular formula is C12H13BrN4O2. The van der Waals surface area contributed by atoms with E-state index in [4.69, 9.17) is 0 Å². The summed E-state index contributed by atoms with van der Waals surface area (Å²) in [5.74, 6) is 0.473. The van der Waals surface area contributed by atoms with Crippen LogP contribution in [0.5, 0.6) is 0 Å². The van der Waals surface area contributed by atoms with E-state index < -0.39 is 4.92 Å². The summed E-state index contributed by atoms with van der Waals surface area (Å²) in [7, 11) is 3.52. The minimum atomic E-state index is -0.423. The van der Waals surface area contributed by atoms with Gasteiger partial charge in [-0.2, -0.15) is 5.10 Å². The minimum Gasteiger partial charge on any atom is -0.357 e. The molecule has 0 radical (unpaired) electrons. The lowest BCUT2D eigenvalue weighted by atomic mass is 10.2. The predicted molar refractivity (Wildman–Crippen MR) is 76.5 cm³/mol. The fourth-order valence-electron chi connectivity index (χ4n) is 1.88. The Morgan fingerprint density at radius 3 is 2.53 bits per heavy atom. The molecule has 0 N–H and O–H groups in total. The molecule has 0 amide bonds. The average molecular weight is 325 g/mol. The van der Waals surface area contributed by atoms with Crippen LogP contribution in [-0.4, -0.2) is 28.8 Å². The fraction of sp³-hybridized carbons (Fsp3) is 0.250. The number of anilines is 1. The summed E-state index contributed by atoms with van der Waals surface area (Å²) in [6.07, 6.45) is 0. The van der Waals surface area contributed by atoms with Gasteiger partial charge in [-0.25, -0.2) is 4.68 Å². The van der Waals surface area contributed by atoms with Crippen molar-refractivity contribution in [3.63, 3.8) is 0 Å². The van der Waals surface area contributed by atoms with Gasteiger partial charge in [0.2, 0.25) is 10.4 Å². The molecule has 100 valence electrons. The number of hydrogen-bond donors (Lipinski definition) is 0. The summed E-state index contributed by atoms with van der Waals surface area (Å²) >= 11 is 3.15. The van der Waals surface area contributed by atoms with Crippen LogP contribution in [0.3, 0.4) is 0 Å². The molecule has 2 rings (SSSR count). The zero-order valence-electron chi connectivity index (χ0n) is 10.6. The molecule has 1 aromatic carbocycles. The highest BCUT2D eigenvalue weighted by atomic mass is 79.9. The zero-order chi connectivity index (χ0) is 14.0. The molecule has 0 atom stereocenters. The Kier molecular flexibility index (Phi) is 3.84. The van der Waals surface area contributed by atoms with E-state index in [-0.39, 0.29) is 10.3 Å². The molecule has 0 bridgehead atoms. The van der Waals surface area contributed by atoms with Crippen LogP contribution in [0.15, 0.2) is 34.9 Å². The van der Waals surface area contributed by atoms with Gasteiger partial charge >= 0.3 is 5.69 Å². The average Bonchev–Trinajstić information content (AvgIpc) is 2.67. The van der Waals surface area contributed by atoms with E-state index in [9.17, 15) is 10.1 Å². The topological polar surface area (TPSA) is 64.2 Å². The van der Waals surface area contributed by atoms with Crippen LogP contribution in [-0.2, 0) is 6.54 Å². The van der Waals surface area contributed by atoms with Gasteiger partial charge in [0.05, 0.1) is 11.5 Å². The first-order valence-electron chi connectivity index (χ1n) is 5.62. The van der Waals surface area contributed by atoms with Crippen molar-refractivity contribution < 1.29 is 4.92 Å². The van der Waals surface area contributed by atoms with Gasteiger partial charge in [-0.1, -0.05) is 30.3 Å². The molecule has 1 heterocycles. The third kappa shape index (κ3) is 2.76. The van der Waals surface area contributed by atoms with Crippen LogP contribution < -0.4 is 4.90 Å². The van der Waals surface area contributed by atoms with Crippen LogP contribution in [0.4, 0.5) is 11.5 Å². The first-order chi connectivity index (χ1) is 9.00. The van der Waals surface area contributed by atoms with Crippen molar-refractivity contribution >= 4 is 27.4 Å². The Hall–Kier alpha value is -1.89. The molecule has 0 fully saturated rings. The third-order valence-electron chi connectivity index (χ3n) is 2.64. The Morgan fingerprint density at radius 2 is 2.00 bits per heavy atom. The van der Waals surface area contributed by atoms with E-state index in [0.29, 0.717) is 12.4 Å². The van der Waals surface area contributed by atoms with Crippen LogP contribution >= 0.6 is 15.9 Å². The molecule has 0 unspecified atom stereocenters. The van der Waals surface area contributed by atoms with E-state index in [1.165, 1.54) is 0 Å². The standard InChI is InChI=1S/C12H13BrN4O2/c1-15(2)12-10(17(18)19)11(13)14-16(12)8-9-6-4-3-5-7-9/h3-7H,8H2,1-2H3. The van der Waals surface area contributed by atoms with Crippen LogP contribution in [0.25, 0.3) is 0 Å². The molecule has 19 heavy (non-hydrogen) atoms. The molecular weight excluding hydrogens is 312 g/mol. The number of nitro groups is 1. The van der Waals surface area contributed by atoms with Gasteiger partial charge in [0.15, 0.2) is 0 Å². The van der Waals surface area contributed by atoms with Crippen molar-refractivity contribution in [2.45, 2.75) is 6.54 Å². The number of benzene rings is 1. The lowest BCUT2D eigenvalue weighted by Gasteiger charge is -2.13. The van der Waals surface area contributed by atoms with Gasteiger partial charge in [-0.05, 0) is 21.5 Å². The van der Waals surface area contributed by atoms with Gasteiger partial charge in [-0.3, -0.25) is 10.1 Å². The van der Waals surface area contributed by atoms with Crippen LogP contribution in [0.2, 0.25) is 0 Å². The van der Waals surface area contributed by atoms with Crippen molar-refractivity contribution in [2.24, 2.45) is 0 Å². The second-order valence-corrected chi connectivity index (χ2v) is 5.01. The largest absolute Gasteiger partial charge is 0.357 e. The van der Waals surface area contributed by atoms with Gasteiger partial charge in [-0.15, -0.1) is 0 Å². The maximum atomic E-state index is 11.1. The lowest BCUT2D eigenvalue weighted by Crippen LogP contribution is -2.16. The molecule has 0 aliphatic heterocycles. The van der Waals surface area contributed by atoms with Crippen molar-refractivity contribution in [1.29, 1.82) is 0 Å². The highest BCUT2D eigenvalue weighted by Gasteiger charge is 2.27. The molecule has 1 aromatic heterocycles. The van der Waals surface area contributed by atoms with Gasteiger partial charge in [0.25, 0.3) is 0 Å². The molecule has 7 heteroatoms. The summed E-state index contributed by atoms with van der Waals surface area (Å²) in [5.41, 5.74) is 1.02. The number of halogens is 1. The maximum Gasteiger partial charge on any atom is 0.345 e. The molecule has 0 saturated carbocycles. The molecule has 0 saturated heterocycles. The monoisotopic (exact) mass is 324 g/mol. The number of rotatable bonds is 4. The summed E-state index contributed by atoms with van der Waals surface area (Å²) in [6, 6.07) is 9.70. The smallest absolute Gasteiger partial charge is 0.345 e. The highest BCUT2D eigenvalue weighted by molar-refractivity contribution is 9.10. The highest BCUT2D eigenvalue weighted by Crippen LogP contribution is 2.34. The summed E-state index contributed by atoms with van der Waals surface area (Å²) in [4.78, 5) is 12.4. The summed E-state index contributed by atoms with van der Waals surface area (Å²) in [5, 5.41) is 15.3. The first kappa shape index (κ1) is 13.5. The Labute approximate surface area is 118 Å². The minimum absolute atomic E-state index is 0.0130. The number of hydrogen-bond acceptors (Lipinski definition) is 4. The van der Waals surface area contributed by atoms with E-state index in [2.05, 4.69) is 21.0 Å². The SMILES string of the molecule is CN(C)c1c([N+](=O)[O-])c(Br)nn1Cc1ccccc1.